The lowest BCUT2D eigenvalue weighted by Gasteiger charge is -2.02. The highest BCUT2D eigenvalue weighted by molar-refractivity contribution is 7.89. The summed E-state index contributed by atoms with van der Waals surface area (Å²) in [6, 6.07) is 0. The van der Waals surface area contributed by atoms with E-state index in [2.05, 4.69) is 10.6 Å². The molecule has 0 heterocycles. The molecule has 0 spiro atoms. The Kier molecular flexibility index (Phi) is 5.72. The van der Waals surface area contributed by atoms with Gasteiger partial charge in [0.25, 0.3) is 0 Å². The summed E-state index contributed by atoms with van der Waals surface area (Å²) in [6.07, 6.45) is 5.37. The summed E-state index contributed by atoms with van der Waals surface area (Å²) < 4.78 is 29.0. The Hall–Kier alpha value is -0.570. The highest BCUT2D eigenvalue weighted by atomic mass is 32.2. The van der Waals surface area contributed by atoms with Gasteiger partial charge in [0.1, 0.15) is 0 Å². The Morgan fingerprint density at radius 3 is 2.75 bits per heavy atom. The van der Waals surface area contributed by atoms with E-state index in [4.69, 9.17) is 11.2 Å². The summed E-state index contributed by atoms with van der Waals surface area (Å²) in [4.78, 5) is 0. The number of hydrogen-bond acceptors (Lipinski definition) is 3. The van der Waals surface area contributed by atoms with Crippen LogP contribution in [0.5, 0.6) is 0 Å². The molecule has 0 aromatic heterocycles. The standard InChI is InChI=1S/C7H13NO3S/c1-3-5-8-12(9,10)7-4-6-11-2/h1,8H,4-7H2,2H3. The molecule has 12 heavy (non-hydrogen) atoms. The third-order valence-corrected chi connectivity index (χ3v) is 2.57. The zero-order chi connectivity index (χ0) is 9.45. The van der Waals surface area contributed by atoms with Crippen LogP contribution in [0.1, 0.15) is 6.42 Å². The van der Waals surface area contributed by atoms with Crippen molar-refractivity contribution in [2.45, 2.75) is 6.42 Å². The Bertz CT molecular complexity index is 240. The molecule has 4 nitrogen and oxygen atoms in total. The highest BCUT2D eigenvalue weighted by Crippen LogP contribution is 1.88. The van der Waals surface area contributed by atoms with Crippen LogP contribution in [-0.4, -0.2) is 34.4 Å². The van der Waals surface area contributed by atoms with E-state index in [1.807, 2.05) is 0 Å². The molecular weight excluding hydrogens is 178 g/mol. The highest BCUT2D eigenvalue weighted by Gasteiger charge is 2.07. The van der Waals surface area contributed by atoms with Gasteiger partial charge < -0.3 is 4.74 Å². The van der Waals surface area contributed by atoms with E-state index in [0.29, 0.717) is 13.0 Å². The number of terminal acetylenes is 1. The number of hydrogen-bond donors (Lipinski definition) is 1. The molecule has 0 aromatic rings. The van der Waals surface area contributed by atoms with Crippen LogP contribution < -0.4 is 4.72 Å². The van der Waals surface area contributed by atoms with Crippen LogP contribution >= 0.6 is 0 Å². The fraction of sp³-hybridized carbons (Fsp3) is 0.714. The molecule has 1 N–H and O–H groups in total. The van der Waals surface area contributed by atoms with Crippen LogP contribution in [0.2, 0.25) is 0 Å². The SMILES string of the molecule is C#CCNS(=O)(=O)CCCOC. The lowest BCUT2D eigenvalue weighted by molar-refractivity contribution is 0.199. The number of ether oxygens (including phenoxy) is 1. The molecule has 0 aliphatic heterocycles. The first kappa shape index (κ1) is 11.4. The Balaban J connectivity index is 3.67. The van der Waals surface area contributed by atoms with E-state index in [9.17, 15) is 8.42 Å². The first-order chi connectivity index (χ1) is 5.62. The lowest BCUT2D eigenvalue weighted by Crippen LogP contribution is -2.27. The Labute approximate surface area is 73.4 Å². The van der Waals surface area contributed by atoms with Gasteiger partial charge in [-0.2, -0.15) is 0 Å². The van der Waals surface area contributed by atoms with Gasteiger partial charge >= 0.3 is 0 Å². The molecular formula is C7H13NO3S. The van der Waals surface area contributed by atoms with Gasteiger partial charge in [0.2, 0.25) is 10.0 Å². The zero-order valence-electron chi connectivity index (χ0n) is 7.04. The molecule has 0 radical (unpaired) electrons. The van der Waals surface area contributed by atoms with E-state index in [1.54, 1.807) is 0 Å². The van der Waals surface area contributed by atoms with Crippen molar-refractivity contribution < 1.29 is 13.2 Å². The Morgan fingerprint density at radius 1 is 1.58 bits per heavy atom. The molecule has 0 saturated carbocycles. The molecule has 0 unspecified atom stereocenters. The van der Waals surface area contributed by atoms with Crippen LogP contribution in [0.3, 0.4) is 0 Å². The predicted molar refractivity (Wildman–Crippen MR) is 47.1 cm³/mol. The van der Waals surface area contributed by atoms with Crippen molar-refractivity contribution in [2.24, 2.45) is 0 Å². The summed E-state index contributed by atoms with van der Waals surface area (Å²) in [5.41, 5.74) is 0. The first-order valence-corrected chi connectivity index (χ1v) is 5.17. The zero-order valence-corrected chi connectivity index (χ0v) is 7.86. The molecule has 0 amide bonds. The maximum Gasteiger partial charge on any atom is 0.212 e. The van der Waals surface area contributed by atoms with Crippen molar-refractivity contribution in [2.75, 3.05) is 26.0 Å². The summed E-state index contributed by atoms with van der Waals surface area (Å²) in [7, 11) is -1.66. The fourth-order valence-electron chi connectivity index (χ4n) is 0.617. The maximum atomic E-state index is 11.0. The summed E-state index contributed by atoms with van der Waals surface area (Å²) in [5.74, 6) is 2.25. The van der Waals surface area contributed by atoms with Crippen molar-refractivity contribution in [1.29, 1.82) is 0 Å². The van der Waals surface area contributed by atoms with Gasteiger partial charge in [0.05, 0.1) is 12.3 Å². The molecule has 0 aliphatic carbocycles. The van der Waals surface area contributed by atoms with Crippen molar-refractivity contribution >= 4 is 10.0 Å². The number of rotatable bonds is 6. The predicted octanol–water partition coefficient (Wildman–Crippen LogP) is -0.425. The molecule has 0 aromatic carbocycles. The van der Waals surface area contributed by atoms with Gasteiger partial charge in [0, 0.05) is 13.7 Å². The fourth-order valence-corrected chi connectivity index (χ4v) is 1.56. The van der Waals surface area contributed by atoms with Gasteiger partial charge in [-0.1, -0.05) is 5.92 Å². The minimum Gasteiger partial charge on any atom is -0.385 e. The van der Waals surface area contributed by atoms with Crippen molar-refractivity contribution in [3.8, 4) is 12.3 Å². The second kappa shape index (κ2) is 6.00. The largest absolute Gasteiger partial charge is 0.385 e. The van der Waals surface area contributed by atoms with Crippen LogP contribution in [0.25, 0.3) is 0 Å². The Morgan fingerprint density at radius 2 is 2.25 bits per heavy atom. The molecule has 70 valence electrons. The van der Waals surface area contributed by atoms with E-state index in [1.165, 1.54) is 7.11 Å². The minimum absolute atomic E-state index is 0.0509. The summed E-state index contributed by atoms with van der Waals surface area (Å²) in [6.45, 7) is 0.492. The normalized spacial score (nSPS) is 11.0. The topological polar surface area (TPSA) is 55.4 Å². The van der Waals surface area contributed by atoms with Crippen molar-refractivity contribution in [1.82, 2.24) is 4.72 Å². The smallest absolute Gasteiger partial charge is 0.212 e. The molecule has 0 rings (SSSR count). The number of nitrogens with one attached hydrogen (secondary N) is 1. The molecule has 0 atom stereocenters. The minimum atomic E-state index is -3.19. The maximum absolute atomic E-state index is 11.0. The van der Waals surface area contributed by atoms with E-state index in [0.717, 1.165) is 0 Å². The second-order valence-electron chi connectivity index (χ2n) is 2.19. The second-order valence-corrected chi connectivity index (χ2v) is 4.12. The van der Waals surface area contributed by atoms with E-state index < -0.39 is 10.0 Å². The van der Waals surface area contributed by atoms with Crippen LogP contribution in [0, 0.1) is 12.3 Å². The van der Waals surface area contributed by atoms with Crippen LogP contribution in [0.4, 0.5) is 0 Å². The van der Waals surface area contributed by atoms with Gasteiger partial charge in [-0.25, -0.2) is 13.1 Å². The molecule has 0 saturated heterocycles. The van der Waals surface area contributed by atoms with Crippen LogP contribution in [0.15, 0.2) is 0 Å². The molecule has 5 heteroatoms. The van der Waals surface area contributed by atoms with Gasteiger partial charge in [-0.3, -0.25) is 0 Å². The van der Waals surface area contributed by atoms with Crippen molar-refractivity contribution in [3.63, 3.8) is 0 Å². The monoisotopic (exact) mass is 191 g/mol. The molecule has 0 aliphatic rings. The number of sulfonamides is 1. The number of methoxy groups -OCH3 is 1. The lowest BCUT2D eigenvalue weighted by atomic mass is 10.5. The molecule has 0 bridgehead atoms. The van der Waals surface area contributed by atoms with E-state index >= 15 is 0 Å². The van der Waals surface area contributed by atoms with Gasteiger partial charge in [-0.15, -0.1) is 6.42 Å². The van der Waals surface area contributed by atoms with Crippen LogP contribution in [-0.2, 0) is 14.8 Å². The van der Waals surface area contributed by atoms with Gasteiger partial charge in [-0.05, 0) is 6.42 Å². The average Bonchev–Trinajstić information content (AvgIpc) is 2.01. The van der Waals surface area contributed by atoms with E-state index in [-0.39, 0.29) is 12.3 Å². The summed E-state index contributed by atoms with van der Waals surface area (Å²) >= 11 is 0. The average molecular weight is 191 g/mol. The summed E-state index contributed by atoms with van der Waals surface area (Å²) in [5, 5.41) is 0. The third kappa shape index (κ3) is 6.16. The molecule has 0 fully saturated rings. The van der Waals surface area contributed by atoms with Gasteiger partial charge in [0.15, 0.2) is 0 Å². The first-order valence-electron chi connectivity index (χ1n) is 3.52. The van der Waals surface area contributed by atoms with Crippen molar-refractivity contribution in [3.05, 3.63) is 0 Å². The quantitative estimate of drug-likeness (QED) is 0.458. The third-order valence-electron chi connectivity index (χ3n) is 1.16.